The maximum Gasteiger partial charge on any atom is 0.315 e. The van der Waals surface area contributed by atoms with Crippen molar-refractivity contribution in [2.75, 3.05) is 0 Å². The van der Waals surface area contributed by atoms with Gasteiger partial charge in [-0.1, -0.05) is 26.3 Å². The molecule has 0 radical (unpaired) electrons. The van der Waals surface area contributed by atoms with Crippen molar-refractivity contribution in [2.45, 2.75) is 51.6 Å². The lowest BCUT2D eigenvalue weighted by Crippen LogP contribution is -2.44. The lowest BCUT2D eigenvalue weighted by molar-refractivity contribution is -0.137. The van der Waals surface area contributed by atoms with Crippen molar-refractivity contribution >= 4 is 23.3 Å². The van der Waals surface area contributed by atoms with Crippen molar-refractivity contribution in [3.05, 3.63) is 22.4 Å². The first-order chi connectivity index (χ1) is 9.56. The molecule has 0 spiro atoms. The van der Waals surface area contributed by atoms with E-state index in [9.17, 15) is 9.59 Å². The SMILES string of the molecule is CCCC(NC(=O)NC(CC)CC(=O)O)c1cccs1. The van der Waals surface area contributed by atoms with Crippen LogP contribution in [0.4, 0.5) is 4.79 Å². The van der Waals surface area contributed by atoms with Gasteiger partial charge in [-0.2, -0.15) is 0 Å². The van der Waals surface area contributed by atoms with Gasteiger partial charge in [0.1, 0.15) is 0 Å². The van der Waals surface area contributed by atoms with Crippen LogP contribution in [0.1, 0.15) is 50.4 Å². The lowest BCUT2D eigenvalue weighted by Gasteiger charge is -2.20. The van der Waals surface area contributed by atoms with Crippen molar-refractivity contribution in [1.29, 1.82) is 0 Å². The zero-order valence-electron chi connectivity index (χ0n) is 11.9. The second-order valence-electron chi connectivity index (χ2n) is 4.68. The van der Waals surface area contributed by atoms with Crippen molar-refractivity contribution in [3.63, 3.8) is 0 Å². The van der Waals surface area contributed by atoms with Crippen LogP contribution in [0.15, 0.2) is 17.5 Å². The minimum Gasteiger partial charge on any atom is -0.481 e. The van der Waals surface area contributed by atoms with E-state index in [0.29, 0.717) is 6.42 Å². The summed E-state index contributed by atoms with van der Waals surface area (Å²) in [5.41, 5.74) is 0. The van der Waals surface area contributed by atoms with Gasteiger partial charge in [0.2, 0.25) is 0 Å². The van der Waals surface area contributed by atoms with Gasteiger partial charge >= 0.3 is 12.0 Å². The Hall–Kier alpha value is -1.56. The molecule has 0 aliphatic carbocycles. The van der Waals surface area contributed by atoms with Gasteiger partial charge in [0.15, 0.2) is 0 Å². The molecule has 1 rings (SSSR count). The summed E-state index contributed by atoms with van der Waals surface area (Å²) in [6.45, 7) is 3.93. The number of nitrogens with one attached hydrogen (secondary N) is 2. The van der Waals surface area contributed by atoms with Crippen LogP contribution < -0.4 is 10.6 Å². The Morgan fingerprint density at radius 3 is 2.60 bits per heavy atom. The molecular formula is C14H22N2O3S. The number of thiophene rings is 1. The molecule has 1 heterocycles. The highest BCUT2D eigenvalue weighted by atomic mass is 32.1. The van der Waals surface area contributed by atoms with E-state index in [0.717, 1.165) is 17.7 Å². The number of hydrogen-bond donors (Lipinski definition) is 3. The van der Waals surface area contributed by atoms with Crippen LogP contribution in [0.3, 0.4) is 0 Å². The minimum absolute atomic E-state index is 0.0117. The van der Waals surface area contributed by atoms with Gasteiger partial charge < -0.3 is 15.7 Å². The predicted molar refractivity (Wildman–Crippen MR) is 80.0 cm³/mol. The second-order valence-corrected chi connectivity index (χ2v) is 5.66. The summed E-state index contributed by atoms with van der Waals surface area (Å²) < 4.78 is 0. The summed E-state index contributed by atoms with van der Waals surface area (Å²) in [4.78, 5) is 23.8. The van der Waals surface area contributed by atoms with E-state index in [1.807, 2.05) is 24.4 Å². The molecule has 0 aliphatic rings. The first kappa shape index (κ1) is 16.5. The van der Waals surface area contributed by atoms with Crippen LogP contribution >= 0.6 is 11.3 Å². The number of carboxylic acid groups (broad SMARTS) is 1. The maximum atomic E-state index is 12.0. The zero-order chi connectivity index (χ0) is 15.0. The first-order valence-corrected chi connectivity index (χ1v) is 7.77. The number of carboxylic acids is 1. The summed E-state index contributed by atoms with van der Waals surface area (Å²) in [5, 5.41) is 16.4. The third kappa shape index (κ3) is 5.61. The highest BCUT2D eigenvalue weighted by Gasteiger charge is 2.18. The molecule has 0 aromatic carbocycles. The molecule has 5 nitrogen and oxygen atoms in total. The Bertz CT molecular complexity index is 420. The standard InChI is InChI=1S/C14H22N2O3S/c1-3-6-11(12-7-5-8-20-12)16-14(19)15-10(4-2)9-13(17)18/h5,7-8,10-11H,3-4,6,9H2,1-2H3,(H,17,18)(H2,15,16,19). The molecule has 20 heavy (non-hydrogen) atoms. The smallest absolute Gasteiger partial charge is 0.315 e. The third-order valence-electron chi connectivity index (χ3n) is 3.02. The third-order valence-corrected chi connectivity index (χ3v) is 4.00. The first-order valence-electron chi connectivity index (χ1n) is 6.89. The molecule has 1 aromatic rings. The molecule has 0 saturated heterocycles. The average molecular weight is 298 g/mol. The monoisotopic (exact) mass is 298 g/mol. The van der Waals surface area contributed by atoms with E-state index in [2.05, 4.69) is 17.6 Å². The quantitative estimate of drug-likeness (QED) is 0.690. The van der Waals surface area contributed by atoms with Crippen molar-refractivity contribution in [2.24, 2.45) is 0 Å². The van der Waals surface area contributed by atoms with Gasteiger partial charge in [0.05, 0.1) is 12.5 Å². The van der Waals surface area contributed by atoms with Gasteiger partial charge in [0, 0.05) is 10.9 Å². The molecule has 0 bridgehead atoms. The summed E-state index contributed by atoms with van der Waals surface area (Å²) in [6.07, 6.45) is 2.37. The molecule has 1 aromatic heterocycles. The molecule has 3 N–H and O–H groups in total. The van der Waals surface area contributed by atoms with E-state index in [1.54, 1.807) is 11.3 Å². The van der Waals surface area contributed by atoms with Crippen LogP contribution in [0.5, 0.6) is 0 Å². The summed E-state index contributed by atoms with van der Waals surface area (Å²) in [5.74, 6) is -0.902. The number of rotatable bonds is 8. The van der Waals surface area contributed by atoms with Gasteiger partial charge in [-0.25, -0.2) is 4.79 Å². The topological polar surface area (TPSA) is 78.4 Å². The Kier molecular flexibility index (Phi) is 7.08. The van der Waals surface area contributed by atoms with E-state index >= 15 is 0 Å². The fourth-order valence-electron chi connectivity index (χ4n) is 1.96. The molecule has 2 atom stereocenters. The van der Waals surface area contributed by atoms with Crippen LogP contribution in [-0.4, -0.2) is 23.1 Å². The van der Waals surface area contributed by atoms with Crippen LogP contribution in [-0.2, 0) is 4.79 Å². The number of carbonyl (C=O) groups is 2. The summed E-state index contributed by atoms with van der Waals surface area (Å²) >= 11 is 1.61. The number of carbonyl (C=O) groups excluding carboxylic acids is 1. The van der Waals surface area contributed by atoms with E-state index in [-0.39, 0.29) is 24.5 Å². The minimum atomic E-state index is -0.902. The van der Waals surface area contributed by atoms with Gasteiger partial charge in [-0.3, -0.25) is 4.79 Å². The summed E-state index contributed by atoms with van der Waals surface area (Å²) in [6, 6.07) is 3.31. The van der Waals surface area contributed by atoms with Gasteiger partial charge in [0.25, 0.3) is 0 Å². The average Bonchev–Trinajstić information content (AvgIpc) is 2.90. The molecule has 0 aliphatic heterocycles. The highest BCUT2D eigenvalue weighted by Crippen LogP contribution is 2.23. The van der Waals surface area contributed by atoms with Crippen molar-refractivity contribution in [3.8, 4) is 0 Å². The fraction of sp³-hybridized carbons (Fsp3) is 0.571. The molecular weight excluding hydrogens is 276 g/mol. The van der Waals surface area contributed by atoms with Crippen LogP contribution in [0.25, 0.3) is 0 Å². The van der Waals surface area contributed by atoms with Gasteiger partial charge in [-0.05, 0) is 24.3 Å². The largest absolute Gasteiger partial charge is 0.481 e. The maximum absolute atomic E-state index is 12.0. The zero-order valence-corrected chi connectivity index (χ0v) is 12.7. The Morgan fingerprint density at radius 2 is 2.10 bits per heavy atom. The van der Waals surface area contributed by atoms with Gasteiger partial charge in [-0.15, -0.1) is 11.3 Å². The molecule has 0 saturated carbocycles. The normalized spacial score (nSPS) is 13.5. The number of hydrogen-bond acceptors (Lipinski definition) is 3. The second kappa shape index (κ2) is 8.58. The van der Waals surface area contributed by atoms with Crippen molar-refractivity contribution < 1.29 is 14.7 Å². The molecule has 2 amide bonds. The number of urea groups is 1. The Balaban J connectivity index is 2.55. The van der Waals surface area contributed by atoms with E-state index < -0.39 is 5.97 Å². The lowest BCUT2D eigenvalue weighted by atomic mass is 10.1. The Labute approximate surface area is 123 Å². The van der Waals surface area contributed by atoms with Crippen LogP contribution in [0, 0.1) is 0 Å². The van der Waals surface area contributed by atoms with E-state index in [1.165, 1.54) is 0 Å². The number of amides is 2. The molecule has 2 unspecified atom stereocenters. The van der Waals surface area contributed by atoms with Crippen molar-refractivity contribution in [1.82, 2.24) is 10.6 Å². The van der Waals surface area contributed by atoms with Crippen LogP contribution in [0.2, 0.25) is 0 Å². The fourth-order valence-corrected chi connectivity index (χ4v) is 2.77. The number of aliphatic carboxylic acids is 1. The highest BCUT2D eigenvalue weighted by molar-refractivity contribution is 7.10. The molecule has 112 valence electrons. The summed E-state index contributed by atoms with van der Waals surface area (Å²) in [7, 11) is 0. The van der Waals surface area contributed by atoms with E-state index in [4.69, 9.17) is 5.11 Å². The Morgan fingerprint density at radius 1 is 1.35 bits per heavy atom. The predicted octanol–water partition coefficient (Wildman–Crippen LogP) is 3.14. The molecule has 6 heteroatoms. The molecule has 0 fully saturated rings.